The van der Waals surface area contributed by atoms with Crippen molar-refractivity contribution in [3.05, 3.63) is 49.6 Å². The molecule has 19 heavy (non-hydrogen) atoms. The first-order valence-corrected chi connectivity index (χ1v) is 7.83. The van der Waals surface area contributed by atoms with Gasteiger partial charge < -0.3 is 10.1 Å². The Morgan fingerprint density at radius 1 is 1.21 bits per heavy atom. The van der Waals surface area contributed by atoms with Crippen molar-refractivity contribution >= 4 is 27.3 Å². The second-order valence-corrected chi connectivity index (χ2v) is 7.13. The molecule has 4 heteroatoms. The summed E-state index contributed by atoms with van der Waals surface area (Å²) in [4.78, 5) is 1.23. The molecule has 0 unspecified atom stereocenters. The van der Waals surface area contributed by atoms with Crippen molar-refractivity contribution in [1.29, 1.82) is 0 Å². The van der Waals surface area contributed by atoms with E-state index in [4.69, 9.17) is 4.74 Å². The second kappa shape index (κ2) is 6.55. The molecule has 0 radical (unpaired) electrons. The summed E-state index contributed by atoms with van der Waals surface area (Å²) < 4.78 is 7.11. The Kier molecular flexibility index (Phi) is 5.02. The van der Waals surface area contributed by atoms with E-state index in [0.29, 0.717) is 6.61 Å². The molecular formula is C15H18BrNOS. The molecule has 1 N–H and O–H groups in total. The molecule has 0 spiro atoms. The molecule has 0 fully saturated rings. The third-order valence-corrected chi connectivity index (χ3v) is 4.49. The molecule has 0 aliphatic carbocycles. The Morgan fingerprint density at radius 2 is 1.89 bits per heavy atom. The molecule has 0 aliphatic rings. The highest BCUT2D eigenvalue weighted by molar-refractivity contribution is 9.11. The van der Waals surface area contributed by atoms with Crippen LogP contribution in [0, 0.1) is 13.8 Å². The molecule has 2 rings (SSSR count). The van der Waals surface area contributed by atoms with Crippen LogP contribution in [0.15, 0.2) is 28.1 Å². The average molecular weight is 340 g/mol. The fraction of sp³-hybridized carbons (Fsp3) is 0.333. The molecule has 0 saturated heterocycles. The minimum atomic E-state index is 0.628. The Bertz CT molecular complexity index is 542. The molecule has 1 aromatic carbocycles. The molecule has 0 amide bonds. The first-order chi connectivity index (χ1) is 9.10. The number of rotatable bonds is 5. The Labute approximate surface area is 126 Å². The van der Waals surface area contributed by atoms with E-state index < -0.39 is 0 Å². The van der Waals surface area contributed by atoms with Gasteiger partial charge in [0.25, 0.3) is 0 Å². The van der Waals surface area contributed by atoms with Gasteiger partial charge in [0.15, 0.2) is 0 Å². The van der Waals surface area contributed by atoms with Gasteiger partial charge >= 0.3 is 0 Å². The van der Waals surface area contributed by atoms with Crippen molar-refractivity contribution in [3.63, 3.8) is 0 Å². The summed E-state index contributed by atoms with van der Waals surface area (Å²) in [6, 6.07) is 8.51. The predicted molar refractivity (Wildman–Crippen MR) is 85.0 cm³/mol. The number of hydrogen-bond donors (Lipinski definition) is 1. The van der Waals surface area contributed by atoms with Crippen molar-refractivity contribution in [1.82, 2.24) is 5.32 Å². The van der Waals surface area contributed by atoms with Crippen LogP contribution in [-0.4, -0.2) is 7.05 Å². The topological polar surface area (TPSA) is 21.3 Å². The number of ether oxygens (including phenoxy) is 1. The van der Waals surface area contributed by atoms with Gasteiger partial charge in [0, 0.05) is 11.4 Å². The van der Waals surface area contributed by atoms with Crippen molar-refractivity contribution in [3.8, 4) is 5.75 Å². The van der Waals surface area contributed by atoms with E-state index in [2.05, 4.69) is 59.4 Å². The average Bonchev–Trinajstić information content (AvgIpc) is 2.74. The maximum atomic E-state index is 5.97. The fourth-order valence-corrected chi connectivity index (χ4v) is 3.54. The quantitative estimate of drug-likeness (QED) is 0.870. The fourth-order valence-electron chi connectivity index (χ4n) is 2.15. The van der Waals surface area contributed by atoms with E-state index in [1.54, 1.807) is 11.3 Å². The molecule has 1 heterocycles. The third kappa shape index (κ3) is 3.81. The molecule has 0 atom stereocenters. The van der Waals surface area contributed by atoms with Gasteiger partial charge in [0.05, 0.1) is 3.79 Å². The van der Waals surface area contributed by atoms with Crippen LogP contribution in [0.3, 0.4) is 0 Å². The van der Waals surface area contributed by atoms with Crippen LogP contribution < -0.4 is 10.1 Å². The van der Waals surface area contributed by atoms with Crippen molar-refractivity contribution in [2.24, 2.45) is 0 Å². The van der Waals surface area contributed by atoms with E-state index in [0.717, 1.165) is 16.1 Å². The molecule has 2 nitrogen and oxygen atoms in total. The Hall–Kier alpha value is -0.840. The standard InChI is InChI=1S/C15H18BrNOS/c1-10-6-12(8-17-3)7-11(2)15(10)18-9-13-4-5-14(16)19-13/h4-7,17H,8-9H2,1-3H3. The van der Waals surface area contributed by atoms with Crippen LogP contribution in [0.1, 0.15) is 21.6 Å². The number of benzene rings is 1. The number of nitrogens with one attached hydrogen (secondary N) is 1. The van der Waals surface area contributed by atoms with Crippen LogP contribution in [-0.2, 0) is 13.2 Å². The lowest BCUT2D eigenvalue weighted by molar-refractivity contribution is 0.305. The Morgan fingerprint density at radius 3 is 2.42 bits per heavy atom. The highest BCUT2D eigenvalue weighted by Gasteiger charge is 2.07. The zero-order valence-electron chi connectivity index (χ0n) is 11.4. The monoisotopic (exact) mass is 339 g/mol. The largest absolute Gasteiger partial charge is 0.488 e. The molecular weight excluding hydrogens is 322 g/mol. The van der Waals surface area contributed by atoms with Gasteiger partial charge in [-0.1, -0.05) is 12.1 Å². The number of thiophene rings is 1. The summed E-state index contributed by atoms with van der Waals surface area (Å²) in [6.45, 7) is 5.72. The van der Waals surface area contributed by atoms with E-state index in [1.165, 1.54) is 21.6 Å². The predicted octanol–water partition coefficient (Wildman–Crippen LogP) is 4.43. The van der Waals surface area contributed by atoms with Crippen LogP contribution in [0.4, 0.5) is 0 Å². The van der Waals surface area contributed by atoms with Crippen LogP contribution >= 0.6 is 27.3 Å². The van der Waals surface area contributed by atoms with Crippen molar-refractivity contribution in [2.75, 3.05) is 7.05 Å². The van der Waals surface area contributed by atoms with Gasteiger partial charge in [-0.25, -0.2) is 0 Å². The lowest BCUT2D eigenvalue weighted by atomic mass is 10.1. The van der Waals surface area contributed by atoms with Gasteiger partial charge in [-0.05, 0) is 65.6 Å². The Balaban J connectivity index is 2.11. The minimum absolute atomic E-state index is 0.628. The summed E-state index contributed by atoms with van der Waals surface area (Å²) in [5.41, 5.74) is 3.69. The lowest BCUT2D eigenvalue weighted by Crippen LogP contribution is -2.06. The van der Waals surface area contributed by atoms with Crippen molar-refractivity contribution in [2.45, 2.75) is 27.0 Å². The summed E-state index contributed by atoms with van der Waals surface area (Å²) in [6.07, 6.45) is 0. The molecule has 0 saturated carbocycles. The second-order valence-electron chi connectivity index (χ2n) is 4.58. The molecule has 1 aromatic heterocycles. The molecule has 102 valence electrons. The highest BCUT2D eigenvalue weighted by Crippen LogP contribution is 2.28. The van der Waals surface area contributed by atoms with E-state index >= 15 is 0 Å². The maximum Gasteiger partial charge on any atom is 0.125 e. The normalized spacial score (nSPS) is 10.7. The van der Waals surface area contributed by atoms with E-state index in [9.17, 15) is 0 Å². The summed E-state index contributed by atoms with van der Waals surface area (Å²) >= 11 is 5.18. The van der Waals surface area contributed by atoms with Gasteiger partial charge in [-0.2, -0.15) is 0 Å². The first-order valence-electron chi connectivity index (χ1n) is 6.22. The minimum Gasteiger partial charge on any atom is -0.488 e. The molecule has 0 bridgehead atoms. The zero-order valence-corrected chi connectivity index (χ0v) is 13.8. The summed E-state index contributed by atoms with van der Waals surface area (Å²) in [7, 11) is 1.96. The summed E-state index contributed by atoms with van der Waals surface area (Å²) in [5, 5.41) is 3.17. The SMILES string of the molecule is CNCc1cc(C)c(OCc2ccc(Br)s2)c(C)c1. The van der Waals surface area contributed by atoms with E-state index in [-0.39, 0.29) is 0 Å². The van der Waals surface area contributed by atoms with Crippen LogP contribution in [0.25, 0.3) is 0 Å². The lowest BCUT2D eigenvalue weighted by Gasteiger charge is -2.13. The van der Waals surface area contributed by atoms with Crippen LogP contribution in [0.5, 0.6) is 5.75 Å². The van der Waals surface area contributed by atoms with Gasteiger partial charge in [-0.15, -0.1) is 11.3 Å². The highest BCUT2D eigenvalue weighted by atomic mass is 79.9. The van der Waals surface area contributed by atoms with Gasteiger partial charge in [-0.3, -0.25) is 0 Å². The zero-order chi connectivity index (χ0) is 13.8. The third-order valence-electron chi connectivity index (χ3n) is 2.89. The van der Waals surface area contributed by atoms with Crippen molar-refractivity contribution < 1.29 is 4.74 Å². The number of hydrogen-bond acceptors (Lipinski definition) is 3. The summed E-state index contributed by atoms with van der Waals surface area (Å²) in [5.74, 6) is 1.00. The molecule has 0 aliphatic heterocycles. The van der Waals surface area contributed by atoms with Gasteiger partial charge in [0.1, 0.15) is 12.4 Å². The first kappa shape index (κ1) is 14.6. The van der Waals surface area contributed by atoms with Gasteiger partial charge in [0.2, 0.25) is 0 Å². The smallest absolute Gasteiger partial charge is 0.125 e. The number of aryl methyl sites for hydroxylation is 2. The van der Waals surface area contributed by atoms with Crippen LogP contribution in [0.2, 0.25) is 0 Å². The molecule has 2 aromatic rings. The van der Waals surface area contributed by atoms with E-state index in [1.807, 2.05) is 7.05 Å². The maximum absolute atomic E-state index is 5.97. The number of halogens is 1.